The van der Waals surface area contributed by atoms with Crippen LogP contribution in [-0.4, -0.2) is 34.9 Å². The smallest absolute Gasteiger partial charge is 0.285 e. The molecule has 1 aliphatic heterocycles. The van der Waals surface area contributed by atoms with Crippen molar-refractivity contribution in [1.29, 1.82) is 0 Å². The monoisotopic (exact) mass is 304 g/mol. The lowest BCUT2D eigenvalue weighted by atomic mass is 10.2. The number of fused-ring (bicyclic) bond motifs is 1. The Hall–Kier alpha value is -2.48. The van der Waals surface area contributed by atoms with Crippen LogP contribution in [0.25, 0.3) is 0 Å². The van der Waals surface area contributed by atoms with Gasteiger partial charge in [-0.05, 0) is 42.2 Å². The molecule has 0 saturated carbocycles. The number of nitrogens with one attached hydrogen (secondary N) is 1. The molecule has 0 radical (unpaired) electrons. The summed E-state index contributed by atoms with van der Waals surface area (Å²) in [6, 6.07) is 5.46. The third-order valence-corrected chi connectivity index (χ3v) is 3.63. The fourth-order valence-electron chi connectivity index (χ4n) is 1.80. The Morgan fingerprint density at radius 3 is 2.95 bits per heavy atom. The lowest BCUT2D eigenvalue weighted by Crippen LogP contribution is -2.17. The SMILES string of the molecule is Cc1nnsc1C(=O)NN=Cc1ccc2c(c1)OCCO2. The summed E-state index contributed by atoms with van der Waals surface area (Å²) in [6.45, 7) is 2.81. The maximum Gasteiger partial charge on any atom is 0.285 e. The van der Waals surface area contributed by atoms with Gasteiger partial charge in [-0.3, -0.25) is 4.79 Å². The average molecular weight is 304 g/mol. The van der Waals surface area contributed by atoms with Crippen molar-refractivity contribution in [3.8, 4) is 11.5 Å². The molecule has 108 valence electrons. The van der Waals surface area contributed by atoms with Gasteiger partial charge in [0, 0.05) is 0 Å². The number of aromatic nitrogens is 2. The molecule has 0 atom stereocenters. The molecule has 2 aromatic rings. The largest absolute Gasteiger partial charge is 0.486 e. The van der Waals surface area contributed by atoms with Crippen molar-refractivity contribution >= 4 is 23.7 Å². The van der Waals surface area contributed by atoms with Crippen molar-refractivity contribution < 1.29 is 14.3 Å². The predicted octanol–water partition coefficient (Wildman–Crippen LogP) is 1.38. The number of amides is 1. The first-order valence-corrected chi connectivity index (χ1v) is 7.03. The van der Waals surface area contributed by atoms with Gasteiger partial charge >= 0.3 is 0 Å². The number of benzene rings is 1. The van der Waals surface area contributed by atoms with E-state index in [4.69, 9.17) is 9.47 Å². The zero-order valence-electron chi connectivity index (χ0n) is 11.2. The first kappa shape index (κ1) is 13.5. The Kier molecular flexibility index (Phi) is 3.78. The molecule has 1 N–H and O–H groups in total. The van der Waals surface area contributed by atoms with Crippen molar-refractivity contribution in [2.45, 2.75) is 6.92 Å². The highest BCUT2D eigenvalue weighted by Crippen LogP contribution is 2.30. The molecule has 21 heavy (non-hydrogen) atoms. The van der Waals surface area contributed by atoms with Crippen molar-refractivity contribution in [3.05, 3.63) is 34.3 Å². The Bertz CT molecular complexity index is 698. The van der Waals surface area contributed by atoms with Crippen LogP contribution in [0.2, 0.25) is 0 Å². The van der Waals surface area contributed by atoms with E-state index in [1.807, 2.05) is 18.2 Å². The summed E-state index contributed by atoms with van der Waals surface area (Å²) in [6.07, 6.45) is 1.54. The van der Waals surface area contributed by atoms with Gasteiger partial charge in [0.1, 0.15) is 18.1 Å². The molecule has 0 unspecified atom stereocenters. The maximum atomic E-state index is 11.8. The number of nitrogens with zero attached hydrogens (tertiary/aromatic N) is 3. The number of ether oxygens (including phenoxy) is 2. The number of carbonyl (C=O) groups excluding carboxylic acids is 1. The molecule has 3 rings (SSSR count). The Morgan fingerprint density at radius 2 is 2.19 bits per heavy atom. The van der Waals surface area contributed by atoms with E-state index in [2.05, 4.69) is 20.1 Å². The summed E-state index contributed by atoms with van der Waals surface area (Å²) in [4.78, 5) is 12.3. The minimum atomic E-state index is -0.323. The first-order chi connectivity index (χ1) is 10.2. The molecule has 8 heteroatoms. The van der Waals surface area contributed by atoms with Crippen LogP contribution in [0.4, 0.5) is 0 Å². The molecular weight excluding hydrogens is 292 g/mol. The number of hydrogen-bond donors (Lipinski definition) is 1. The topological polar surface area (TPSA) is 85.7 Å². The molecule has 1 amide bonds. The predicted molar refractivity (Wildman–Crippen MR) is 77.1 cm³/mol. The molecule has 0 aliphatic carbocycles. The lowest BCUT2D eigenvalue weighted by molar-refractivity contribution is 0.0958. The number of rotatable bonds is 3. The number of carbonyl (C=O) groups is 1. The van der Waals surface area contributed by atoms with Crippen molar-refractivity contribution in [2.75, 3.05) is 13.2 Å². The lowest BCUT2D eigenvalue weighted by Gasteiger charge is -2.18. The standard InChI is InChI=1S/C13H12N4O3S/c1-8-12(21-17-15-8)13(18)16-14-7-9-2-3-10-11(6-9)20-5-4-19-10/h2-3,6-7H,4-5H2,1H3,(H,16,18). The second-order valence-electron chi connectivity index (χ2n) is 4.29. The van der Waals surface area contributed by atoms with Gasteiger partial charge < -0.3 is 9.47 Å². The van der Waals surface area contributed by atoms with E-state index in [0.717, 1.165) is 17.1 Å². The van der Waals surface area contributed by atoms with Crippen molar-refractivity contribution in [2.24, 2.45) is 5.10 Å². The quantitative estimate of drug-likeness (QED) is 0.684. The summed E-state index contributed by atoms with van der Waals surface area (Å²) in [5.74, 6) is 1.07. The highest BCUT2D eigenvalue weighted by molar-refractivity contribution is 7.07. The third-order valence-electron chi connectivity index (χ3n) is 2.80. The van der Waals surface area contributed by atoms with Gasteiger partial charge in [-0.15, -0.1) is 5.10 Å². The van der Waals surface area contributed by atoms with E-state index in [9.17, 15) is 4.79 Å². The van der Waals surface area contributed by atoms with Crippen LogP contribution < -0.4 is 14.9 Å². The zero-order chi connectivity index (χ0) is 14.7. The van der Waals surface area contributed by atoms with Gasteiger partial charge in [0.2, 0.25) is 0 Å². The van der Waals surface area contributed by atoms with Gasteiger partial charge in [-0.2, -0.15) is 5.10 Å². The Labute approximate surface area is 124 Å². The van der Waals surface area contributed by atoms with Crippen LogP contribution in [0, 0.1) is 6.92 Å². The molecule has 0 bridgehead atoms. The van der Waals surface area contributed by atoms with E-state index in [1.165, 1.54) is 0 Å². The number of hydrogen-bond acceptors (Lipinski definition) is 7. The summed E-state index contributed by atoms with van der Waals surface area (Å²) in [5.41, 5.74) is 3.84. The Balaban J connectivity index is 1.66. The Morgan fingerprint density at radius 1 is 1.38 bits per heavy atom. The van der Waals surface area contributed by atoms with Gasteiger partial charge in [0.15, 0.2) is 11.5 Å². The van der Waals surface area contributed by atoms with Gasteiger partial charge in [0.05, 0.1) is 11.9 Å². The molecule has 0 saturated heterocycles. The number of hydrazone groups is 1. The molecule has 7 nitrogen and oxygen atoms in total. The summed E-state index contributed by atoms with van der Waals surface area (Å²) in [5, 5.41) is 7.70. The second-order valence-corrected chi connectivity index (χ2v) is 5.04. The van der Waals surface area contributed by atoms with Crippen LogP contribution in [0.5, 0.6) is 11.5 Å². The van der Waals surface area contributed by atoms with Crippen LogP contribution in [0.15, 0.2) is 23.3 Å². The van der Waals surface area contributed by atoms with E-state index < -0.39 is 0 Å². The number of aryl methyl sites for hydroxylation is 1. The third kappa shape index (κ3) is 3.00. The summed E-state index contributed by atoms with van der Waals surface area (Å²) in [7, 11) is 0. The molecule has 0 spiro atoms. The molecule has 2 heterocycles. The molecule has 1 aliphatic rings. The maximum absolute atomic E-state index is 11.8. The minimum Gasteiger partial charge on any atom is -0.486 e. The van der Waals surface area contributed by atoms with Gasteiger partial charge in [-0.25, -0.2) is 5.43 Å². The minimum absolute atomic E-state index is 0.323. The van der Waals surface area contributed by atoms with Crippen LogP contribution in [0.3, 0.4) is 0 Å². The van der Waals surface area contributed by atoms with E-state index in [0.29, 0.717) is 35.3 Å². The summed E-state index contributed by atoms with van der Waals surface area (Å²) >= 11 is 1.04. The van der Waals surface area contributed by atoms with Crippen molar-refractivity contribution in [3.63, 3.8) is 0 Å². The first-order valence-electron chi connectivity index (χ1n) is 6.26. The zero-order valence-corrected chi connectivity index (χ0v) is 12.0. The highest BCUT2D eigenvalue weighted by Gasteiger charge is 2.12. The normalized spacial score (nSPS) is 13.4. The van der Waals surface area contributed by atoms with Gasteiger partial charge in [0.25, 0.3) is 5.91 Å². The molecular formula is C13H12N4O3S. The summed E-state index contributed by atoms with van der Waals surface area (Å²) < 4.78 is 14.6. The molecule has 1 aromatic carbocycles. The van der Waals surface area contributed by atoms with E-state index in [1.54, 1.807) is 13.1 Å². The van der Waals surface area contributed by atoms with Gasteiger partial charge in [-0.1, -0.05) is 4.49 Å². The van der Waals surface area contributed by atoms with Crippen LogP contribution >= 0.6 is 11.5 Å². The molecule has 1 aromatic heterocycles. The average Bonchev–Trinajstić information content (AvgIpc) is 2.93. The van der Waals surface area contributed by atoms with Crippen LogP contribution in [0.1, 0.15) is 20.9 Å². The van der Waals surface area contributed by atoms with Crippen LogP contribution in [-0.2, 0) is 0 Å². The van der Waals surface area contributed by atoms with E-state index in [-0.39, 0.29) is 5.91 Å². The fraction of sp³-hybridized carbons (Fsp3) is 0.231. The van der Waals surface area contributed by atoms with Crippen molar-refractivity contribution in [1.82, 2.24) is 15.0 Å². The highest BCUT2D eigenvalue weighted by atomic mass is 32.1. The molecule has 0 fully saturated rings. The second kappa shape index (κ2) is 5.88. The van der Waals surface area contributed by atoms with E-state index >= 15 is 0 Å². The fourth-order valence-corrected chi connectivity index (χ4v) is 2.34.